The van der Waals surface area contributed by atoms with E-state index in [0.717, 1.165) is 57.8 Å². The third kappa shape index (κ3) is 25.1. The van der Waals surface area contributed by atoms with Crippen molar-refractivity contribution in [3.05, 3.63) is 0 Å². The van der Waals surface area contributed by atoms with Gasteiger partial charge in [0.05, 0.1) is 0 Å². The van der Waals surface area contributed by atoms with Crippen molar-refractivity contribution in [3.8, 4) is 0 Å². The van der Waals surface area contributed by atoms with Gasteiger partial charge in [0, 0.05) is 12.8 Å². The van der Waals surface area contributed by atoms with Crippen molar-refractivity contribution in [1.29, 1.82) is 0 Å². The highest BCUT2D eigenvalue weighted by atomic mass is 16.5. The highest BCUT2D eigenvalue weighted by molar-refractivity contribution is 5.83. The molecule has 0 rings (SSSR count). The molecule has 4 N–H and O–H groups in total. The highest BCUT2D eigenvalue weighted by Crippen LogP contribution is 2.18. The van der Waals surface area contributed by atoms with Crippen molar-refractivity contribution in [2.24, 2.45) is 5.73 Å². The second-order valence-electron chi connectivity index (χ2n) is 11.2. The van der Waals surface area contributed by atoms with Crippen molar-refractivity contribution in [1.82, 2.24) is 5.32 Å². The number of nitrogens with two attached hydrogens (primary N) is 1. The van der Waals surface area contributed by atoms with E-state index in [9.17, 15) is 19.5 Å². The van der Waals surface area contributed by atoms with Gasteiger partial charge in [0.1, 0.15) is 12.1 Å². The van der Waals surface area contributed by atoms with Crippen LogP contribution < -0.4 is 11.1 Å². The third-order valence-electron chi connectivity index (χ3n) is 7.42. The molecule has 0 aliphatic carbocycles. The van der Waals surface area contributed by atoms with Gasteiger partial charge >= 0.3 is 11.9 Å². The Balaban J connectivity index is 4.19. The first-order valence-electron chi connectivity index (χ1n) is 16.4. The second kappa shape index (κ2) is 27.9. The van der Waals surface area contributed by atoms with Crippen molar-refractivity contribution in [3.63, 3.8) is 0 Å². The summed E-state index contributed by atoms with van der Waals surface area (Å²) in [5, 5.41) is 11.8. The zero-order chi connectivity index (χ0) is 29.0. The van der Waals surface area contributed by atoms with E-state index in [4.69, 9.17) is 10.5 Å². The van der Waals surface area contributed by atoms with Crippen LogP contribution in [0.3, 0.4) is 0 Å². The Labute approximate surface area is 239 Å². The first-order valence-corrected chi connectivity index (χ1v) is 16.4. The molecular formula is C32H62N2O5. The Kier molecular flexibility index (Phi) is 26.8. The molecule has 39 heavy (non-hydrogen) atoms. The van der Waals surface area contributed by atoms with Crippen LogP contribution in [-0.4, -0.2) is 41.6 Å². The van der Waals surface area contributed by atoms with Crippen molar-refractivity contribution >= 4 is 17.8 Å². The van der Waals surface area contributed by atoms with E-state index in [1.165, 1.54) is 70.6 Å². The third-order valence-corrected chi connectivity index (χ3v) is 7.42. The van der Waals surface area contributed by atoms with Gasteiger partial charge in [-0.15, -0.1) is 0 Å². The van der Waals surface area contributed by atoms with Crippen molar-refractivity contribution in [2.45, 2.75) is 180 Å². The first-order chi connectivity index (χ1) is 18.9. The summed E-state index contributed by atoms with van der Waals surface area (Å²) in [7, 11) is 0. The van der Waals surface area contributed by atoms with Crippen molar-refractivity contribution < 1.29 is 24.2 Å². The summed E-state index contributed by atoms with van der Waals surface area (Å²) in [5.41, 5.74) is 5.45. The minimum absolute atomic E-state index is 0.000129. The summed E-state index contributed by atoms with van der Waals surface area (Å²) in [6.07, 6.45) is 24.4. The molecule has 0 fully saturated rings. The fourth-order valence-corrected chi connectivity index (χ4v) is 4.92. The number of unbranched alkanes of at least 4 members (excludes halogenated alkanes) is 15. The SMILES string of the molecule is CCCCCCCCCCCC(=O)OC(CCCCCCC)CCCCCCC(=O)NC(CCCN)C(=O)O. The molecule has 2 atom stereocenters. The molecule has 7 heteroatoms. The van der Waals surface area contributed by atoms with Gasteiger partial charge in [0.25, 0.3) is 0 Å². The lowest BCUT2D eigenvalue weighted by Crippen LogP contribution is -2.40. The van der Waals surface area contributed by atoms with Gasteiger partial charge in [-0.05, 0) is 57.9 Å². The van der Waals surface area contributed by atoms with Gasteiger partial charge in [-0.1, -0.05) is 104 Å². The maximum Gasteiger partial charge on any atom is 0.326 e. The zero-order valence-electron chi connectivity index (χ0n) is 25.5. The molecule has 0 aliphatic heterocycles. The van der Waals surface area contributed by atoms with E-state index < -0.39 is 12.0 Å². The van der Waals surface area contributed by atoms with E-state index in [0.29, 0.717) is 32.2 Å². The highest BCUT2D eigenvalue weighted by Gasteiger charge is 2.19. The number of nitrogens with one attached hydrogen (secondary N) is 1. The van der Waals surface area contributed by atoms with Gasteiger partial charge in [0.15, 0.2) is 0 Å². The second-order valence-corrected chi connectivity index (χ2v) is 11.2. The van der Waals surface area contributed by atoms with Crippen LogP contribution in [0.2, 0.25) is 0 Å². The lowest BCUT2D eigenvalue weighted by Gasteiger charge is -2.18. The molecule has 0 heterocycles. The molecule has 0 aromatic carbocycles. The molecule has 0 bridgehead atoms. The number of aliphatic carboxylic acids is 1. The predicted molar refractivity (Wildman–Crippen MR) is 161 cm³/mol. The van der Waals surface area contributed by atoms with Crippen LogP contribution in [0.15, 0.2) is 0 Å². The molecule has 7 nitrogen and oxygen atoms in total. The van der Waals surface area contributed by atoms with Crippen LogP contribution >= 0.6 is 0 Å². The fourth-order valence-electron chi connectivity index (χ4n) is 4.92. The lowest BCUT2D eigenvalue weighted by atomic mass is 10.0. The Hall–Kier alpha value is -1.63. The van der Waals surface area contributed by atoms with E-state index in [-0.39, 0.29) is 18.0 Å². The normalized spacial score (nSPS) is 12.7. The molecule has 230 valence electrons. The summed E-state index contributed by atoms with van der Waals surface area (Å²) in [6.45, 7) is 4.87. The largest absolute Gasteiger partial charge is 0.480 e. The van der Waals surface area contributed by atoms with Crippen LogP contribution in [0.25, 0.3) is 0 Å². The Bertz CT molecular complexity index is 599. The number of carboxylic acid groups (broad SMARTS) is 1. The fraction of sp³-hybridized carbons (Fsp3) is 0.906. The average molecular weight is 555 g/mol. The monoisotopic (exact) mass is 554 g/mol. The summed E-state index contributed by atoms with van der Waals surface area (Å²) < 4.78 is 5.90. The number of ether oxygens (including phenoxy) is 1. The molecule has 0 saturated carbocycles. The molecule has 0 spiro atoms. The quantitative estimate of drug-likeness (QED) is 0.0640. The maximum absolute atomic E-state index is 12.5. The number of rotatable bonds is 29. The minimum atomic E-state index is -1.01. The Morgan fingerprint density at radius 1 is 0.641 bits per heavy atom. The van der Waals surface area contributed by atoms with Crippen LogP contribution in [0.1, 0.15) is 168 Å². The smallest absolute Gasteiger partial charge is 0.326 e. The van der Waals surface area contributed by atoms with Gasteiger partial charge < -0.3 is 20.9 Å². The number of carbonyl (C=O) groups is 3. The van der Waals surface area contributed by atoms with E-state index in [1.807, 2.05) is 0 Å². The minimum Gasteiger partial charge on any atom is -0.480 e. The molecule has 2 unspecified atom stereocenters. The molecule has 0 aliphatic rings. The van der Waals surface area contributed by atoms with Crippen LogP contribution in [0.4, 0.5) is 0 Å². The van der Waals surface area contributed by atoms with Crippen LogP contribution in [0.5, 0.6) is 0 Å². The summed E-state index contributed by atoms with van der Waals surface area (Å²) in [5.74, 6) is -1.27. The summed E-state index contributed by atoms with van der Waals surface area (Å²) in [6, 6.07) is -0.857. The van der Waals surface area contributed by atoms with Crippen LogP contribution in [-0.2, 0) is 19.1 Å². The number of hydrogen-bond donors (Lipinski definition) is 3. The average Bonchev–Trinajstić information content (AvgIpc) is 2.91. The Morgan fingerprint density at radius 2 is 1.10 bits per heavy atom. The van der Waals surface area contributed by atoms with E-state index in [2.05, 4.69) is 19.2 Å². The van der Waals surface area contributed by atoms with Crippen molar-refractivity contribution in [2.75, 3.05) is 6.54 Å². The molecule has 1 amide bonds. The maximum atomic E-state index is 12.5. The molecule has 0 aromatic heterocycles. The number of hydrogen-bond acceptors (Lipinski definition) is 5. The van der Waals surface area contributed by atoms with Crippen LogP contribution in [0, 0.1) is 0 Å². The molecule has 0 saturated heterocycles. The number of amides is 1. The number of esters is 1. The zero-order valence-corrected chi connectivity index (χ0v) is 25.5. The number of carbonyl (C=O) groups excluding carboxylic acids is 2. The molecular weight excluding hydrogens is 492 g/mol. The standard InChI is InChI=1S/C32H62N2O5/c1-3-5-7-9-10-11-12-14-20-26-31(36)39-28(22-17-13-8-6-4-2)23-18-15-16-19-25-30(35)34-29(32(37)38)24-21-27-33/h28-29H,3-27,33H2,1-2H3,(H,34,35)(H,37,38). The number of carboxylic acids is 1. The molecule has 0 radical (unpaired) electrons. The topological polar surface area (TPSA) is 119 Å². The van der Waals surface area contributed by atoms with Gasteiger partial charge in [-0.2, -0.15) is 0 Å². The van der Waals surface area contributed by atoms with Gasteiger partial charge in [0.2, 0.25) is 5.91 Å². The predicted octanol–water partition coefficient (Wildman–Crippen LogP) is 7.83. The van der Waals surface area contributed by atoms with E-state index >= 15 is 0 Å². The van der Waals surface area contributed by atoms with Gasteiger partial charge in [-0.3, -0.25) is 9.59 Å². The first kappa shape index (κ1) is 37.4. The van der Waals surface area contributed by atoms with E-state index in [1.54, 1.807) is 0 Å². The summed E-state index contributed by atoms with van der Waals surface area (Å²) >= 11 is 0. The molecule has 0 aromatic rings. The Morgan fingerprint density at radius 3 is 1.59 bits per heavy atom. The van der Waals surface area contributed by atoms with Gasteiger partial charge in [-0.25, -0.2) is 4.79 Å². The lowest BCUT2D eigenvalue weighted by molar-refractivity contribution is -0.150. The summed E-state index contributed by atoms with van der Waals surface area (Å²) in [4.78, 5) is 35.9.